The van der Waals surface area contributed by atoms with Crippen LogP contribution < -0.4 is 0 Å². The second kappa shape index (κ2) is 2.49. The standard InChI is InChI=1S/C5H9Cl2NSi/c1-5(2,4-8)9(3,6)7/h1-3H3. The molecule has 0 bridgehead atoms. The van der Waals surface area contributed by atoms with Crippen molar-refractivity contribution < 1.29 is 0 Å². The van der Waals surface area contributed by atoms with Crippen LogP contribution in [-0.2, 0) is 0 Å². The zero-order chi connectivity index (χ0) is 7.71. The van der Waals surface area contributed by atoms with Gasteiger partial charge in [0.05, 0.1) is 11.1 Å². The summed E-state index contributed by atoms with van der Waals surface area (Å²) in [4.78, 5) is 0. The highest BCUT2D eigenvalue weighted by atomic mass is 35.7. The Morgan fingerprint density at radius 1 is 1.44 bits per heavy atom. The summed E-state index contributed by atoms with van der Waals surface area (Å²) in [5.74, 6) is 0. The summed E-state index contributed by atoms with van der Waals surface area (Å²) in [5.41, 5.74) is 0. The molecule has 0 amide bonds. The number of nitriles is 1. The number of hydrogen-bond donors (Lipinski definition) is 0. The molecule has 0 radical (unpaired) electrons. The number of rotatable bonds is 1. The predicted molar refractivity (Wildman–Crippen MR) is 43.0 cm³/mol. The second-order valence-electron chi connectivity index (χ2n) is 2.63. The third-order valence-electron chi connectivity index (χ3n) is 1.38. The summed E-state index contributed by atoms with van der Waals surface area (Å²) in [6, 6.07) is 2.08. The van der Waals surface area contributed by atoms with Crippen molar-refractivity contribution in [2.75, 3.05) is 0 Å². The van der Waals surface area contributed by atoms with Crippen LogP contribution in [0.5, 0.6) is 0 Å². The average molecular weight is 182 g/mol. The Labute approximate surface area is 66.0 Å². The molecule has 0 aromatic rings. The van der Waals surface area contributed by atoms with E-state index in [1.54, 1.807) is 20.4 Å². The molecule has 4 heteroatoms. The minimum Gasteiger partial charge on any atom is -0.198 e. The van der Waals surface area contributed by atoms with Crippen molar-refractivity contribution in [3.05, 3.63) is 0 Å². The molecule has 0 aliphatic rings. The lowest BCUT2D eigenvalue weighted by Gasteiger charge is -2.23. The summed E-state index contributed by atoms with van der Waals surface area (Å²) < 4.78 is 0. The Bertz CT molecular complexity index is 142. The molecule has 0 aliphatic heterocycles. The minimum atomic E-state index is -2.30. The van der Waals surface area contributed by atoms with Gasteiger partial charge >= 0.3 is 0 Å². The second-order valence-corrected chi connectivity index (χ2v) is 10.8. The van der Waals surface area contributed by atoms with Crippen LogP contribution in [0.1, 0.15) is 13.8 Å². The molecule has 0 heterocycles. The fourth-order valence-corrected chi connectivity index (χ4v) is 0.548. The molecule has 52 valence electrons. The summed E-state index contributed by atoms with van der Waals surface area (Å²) in [7, 11) is 0. The SMILES string of the molecule is CC(C)(C#N)[Si](C)(Cl)Cl. The van der Waals surface area contributed by atoms with Gasteiger partial charge in [-0.2, -0.15) is 5.26 Å². The molecule has 0 aromatic heterocycles. The normalized spacial score (nSPS) is 12.9. The smallest absolute Gasteiger partial charge is 0.198 e. The highest BCUT2D eigenvalue weighted by Gasteiger charge is 2.41. The fraction of sp³-hybridized carbons (Fsp3) is 0.800. The van der Waals surface area contributed by atoms with Crippen LogP contribution in [0.15, 0.2) is 0 Å². The van der Waals surface area contributed by atoms with E-state index in [4.69, 9.17) is 27.4 Å². The average Bonchev–Trinajstić information content (AvgIpc) is 1.64. The van der Waals surface area contributed by atoms with Crippen molar-refractivity contribution in [1.82, 2.24) is 0 Å². The van der Waals surface area contributed by atoms with Gasteiger partial charge in [0.25, 0.3) is 6.69 Å². The Morgan fingerprint density at radius 2 is 1.78 bits per heavy atom. The lowest BCUT2D eigenvalue weighted by atomic mass is 10.2. The third-order valence-corrected chi connectivity index (χ3v) is 6.52. The van der Waals surface area contributed by atoms with Crippen LogP contribution in [0.3, 0.4) is 0 Å². The maximum Gasteiger partial charge on any atom is 0.267 e. The minimum absolute atomic E-state index is 0.546. The molecule has 9 heavy (non-hydrogen) atoms. The number of nitrogens with zero attached hydrogens (tertiary/aromatic N) is 1. The first-order chi connectivity index (χ1) is 3.81. The van der Waals surface area contributed by atoms with Gasteiger partial charge in [0, 0.05) is 0 Å². The van der Waals surface area contributed by atoms with E-state index < -0.39 is 11.7 Å². The van der Waals surface area contributed by atoms with Gasteiger partial charge < -0.3 is 0 Å². The van der Waals surface area contributed by atoms with Crippen LogP contribution in [-0.4, -0.2) is 6.69 Å². The molecule has 0 aliphatic carbocycles. The van der Waals surface area contributed by atoms with Gasteiger partial charge in [0.15, 0.2) is 0 Å². The lowest BCUT2D eigenvalue weighted by Crippen LogP contribution is -2.28. The van der Waals surface area contributed by atoms with Crippen molar-refractivity contribution in [3.8, 4) is 6.07 Å². The first kappa shape index (κ1) is 9.29. The molecule has 0 saturated carbocycles. The molecule has 0 spiro atoms. The van der Waals surface area contributed by atoms with E-state index in [-0.39, 0.29) is 0 Å². The van der Waals surface area contributed by atoms with Gasteiger partial charge in [-0.3, -0.25) is 0 Å². The molecular weight excluding hydrogens is 173 g/mol. The quantitative estimate of drug-likeness (QED) is 0.451. The molecule has 0 aromatic carbocycles. The molecule has 0 unspecified atom stereocenters. The summed E-state index contributed by atoms with van der Waals surface area (Å²) in [6.07, 6.45) is 0. The van der Waals surface area contributed by atoms with Crippen molar-refractivity contribution in [1.29, 1.82) is 5.26 Å². The van der Waals surface area contributed by atoms with Crippen LogP contribution in [0.4, 0.5) is 0 Å². The Balaban J connectivity index is 4.39. The highest BCUT2D eigenvalue weighted by molar-refractivity contribution is 7.46. The summed E-state index contributed by atoms with van der Waals surface area (Å²) >= 11 is 11.6. The Kier molecular flexibility index (Phi) is 2.57. The van der Waals surface area contributed by atoms with Crippen LogP contribution in [0.2, 0.25) is 11.6 Å². The molecule has 1 nitrogen and oxygen atoms in total. The topological polar surface area (TPSA) is 23.8 Å². The monoisotopic (exact) mass is 181 g/mol. The molecule has 0 rings (SSSR count). The molecule has 0 saturated heterocycles. The van der Waals surface area contributed by atoms with Gasteiger partial charge in [0.2, 0.25) is 0 Å². The summed E-state index contributed by atoms with van der Waals surface area (Å²) in [6.45, 7) is 2.97. The number of halogens is 2. The van der Waals surface area contributed by atoms with E-state index in [1.165, 1.54) is 0 Å². The first-order valence-corrected chi connectivity index (χ1v) is 7.13. The molecular formula is C5H9Cl2NSi. The van der Waals surface area contributed by atoms with E-state index in [0.29, 0.717) is 0 Å². The van der Waals surface area contributed by atoms with Gasteiger partial charge in [-0.25, -0.2) is 0 Å². The molecule has 0 N–H and O–H groups in total. The maximum absolute atomic E-state index is 8.55. The zero-order valence-electron chi connectivity index (χ0n) is 5.70. The zero-order valence-corrected chi connectivity index (χ0v) is 8.22. The molecule has 0 fully saturated rings. The van der Waals surface area contributed by atoms with E-state index in [9.17, 15) is 0 Å². The Morgan fingerprint density at radius 3 is 1.78 bits per heavy atom. The first-order valence-electron chi connectivity index (χ1n) is 2.60. The van der Waals surface area contributed by atoms with Crippen LogP contribution >= 0.6 is 22.2 Å². The maximum atomic E-state index is 8.55. The third kappa shape index (κ3) is 2.17. The predicted octanol–water partition coefficient (Wildman–Crippen LogP) is 2.84. The van der Waals surface area contributed by atoms with E-state index in [2.05, 4.69) is 6.07 Å². The van der Waals surface area contributed by atoms with Gasteiger partial charge in [0.1, 0.15) is 0 Å². The highest BCUT2D eigenvalue weighted by Crippen LogP contribution is 2.41. The summed E-state index contributed by atoms with van der Waals surface area (Å²) in [5, 5.41) is 8.00. The van der Waals surface area contributed by atoms with E-state index in [1.807, 2.05) is 0 Å². The van der Waals surface area contributed by atoms with Crippen LogP contribution in [0.25, 0.3) is 0 Å². The van der Waals surface area contributed by atoms with Gasteiger partial charge in [-0.05, 0) is 20.4 Å². The lowest BCUT2D eigenvalue weighted by molar-refractivity contribution is 0.853. The van der Waals surface area contributed by atoms with E-state index >= 15 is 0 Å². The van der Waals surface area contributed by atoms with Crippen molar-refractivity contribution >= 4 is 28.9 Å². The Hall–Kier alpha value is 0.287. The van der Waals surface area contributed by atoms with Gasteiger partial charge in [-0.1, -0.05) is 0 Å². The largest absolute Gasteiger partial charge is 0.267 e. The van der Waals surface area contributed by atoms with Gasteiger partial charge in [-0.15, -0.1) is 22.2 Å². The van der Waals surface area contributed by atoms with E-state index in [0.717, 1.165) is 0 Å². The van der Waals surface area contributed by atoms with Crippen molar-refractivity contribution in [2.45, 2.75) is 25.4 Å². The number of hydrogen-bond acceptors (Lipinski definition) is 1. The fourth-order valence-electron chi connectivity index (χ4n) is 0.0982. The van der Waals surface area contributed by atoms with Crippen molar-refractivity contribution in [3.63, 3.8) is 0 Å². The molecule has 0 atom stereocenters. The van der Waals surface area contributed by atoms with Crippen LogP contribution in [0, 0.1) is 11.3 Å². The van der Waals surface area contributed by atoms with Crippen molar-refractivity contribution in [2.24, 2.45) is 0 Å².